The lowest BCUT2D eigenvalue weighted by atomic mass is 9.94. The topological polar surface area (TPSA) is 0 Å². The average Bonchev–Trinajstić information content (AvgIpc) is 2.37. The van der Waals surface area contributed by atoms with E-state index in [1.165, 1.54) is 6.07 Å². The van der Waals surface area contributed by atoms with Crippen molar-refractivity contribution in [3.05, 3.63) is 58.7 Å². The van der Waals surface area contributed by atoms with Crippen LogP contribution in [0.3, 0.4) is 0 Å². The molecule has 0 saturated heterocycles. The molecule has 0 N–H and O–H groups in total. The number of rotatable bonds is 1. The van der Waals surface area contributed by atoms with E-state index in [-0.39, 0.29) is 0 Å². The van der Waals surface area contributed by atoms with Crippen molar-refractivity contribution in [2.75, 3.05) is 0 Å². The summed E-state index contributed by atoms with van der Waals surface area (Å²) in [7, 11) is 0. The number of halogens is 6. The second kappa shape index (κ2) is 5.95. The Hall–Kier alpha value is -0.900. The Labute approximate surface area is 141 Å². The van der Waals surface area contributed by atoms with Gasteiger partial charge in [-0.2, -0.15) is 13.2 Å². The lowest BCUT2D eigenvalue weighted by Crippen LogP contribution is -2.05. The molecule has 2 aromatic rings. The number of alkyl halides is 6. The highest BCUT2D eigenvalue weighted by Gasteiger charge is 2.30. The van der Waals surface area contributed by atoms with Crippen LogP contribution in [0.2, 0.25) is 0 Å². The highest BCUT2D eigenvalue weighted by atomic mass is 35.6. The minimum absolute atomic E-state index is 0.517. The second-order valence-corrected chi connectivity index (χ2v) is 7.34. The molecule has 0 saturated carbocycles. The van der Waals surface area contributed by atoms with Crippen molar-refractivity contribution in [2.45, 2.75) is 23.8 Å². The molecule has 0 radical (unpaired) electrons. The Morgan fingerprint density at radius 1 is 0.727 bits per heavy atom. The van der Waals surface area contributed by atoms with Gasteiger partial charge in [0.05, 0.1) is 5.56 Å². The first kappa shape index (κ1) is 17.5. The van der Waals surface area contributed by atoms with Crippen molar-refractivity contribution in [1.82, 2.24) is 0 Å². The van der Waals surface area contributed by atoms with E-state index in [0.717, 1.165) is 28.8 Å². The SMILES string of the molecule is Cc1cc(C(F)(F)F)ccc1-c1ccc(C(Cl)(Cl)Cl)cc1C. The van der Waals surface area contributed by atoms with E-state index in [0.29, 0.717) is 11.1 Å². The van der Waals surface area contributed by atoms with Gasteiger partial charge in [-0.05, 0) is 48.2 Å². The standard InChI is InChI=1S/C16H12Cl3F3/c1-9-7-11(15(17,18)19)3-5-13(9)14-6-4-12(8-10(14)2)16(20,21)22/h3-8H,1-2H3. The van der Waals surface area contributed by atoms with E-state index in [1.54, 1.807) is 25.1 Å². The van der Waals surface area contributed by atoms with E-state index in [9.17, 15) is 13.2 Å². The Balaban J connectivity index is 2.49. The first-order valence-electron chi connectivity index (χ1n) is 6.36. The van der Waals surface area contributed by atoms with Crippen LogP contribution in [0, 0.1) is 13.8 Å². The van der Waals surface area contributed by atoms with Gasteiger partial charge in [0.15, 0.2) is 0 Å². The monoisotopic (exact) mass is 366 g/mol. The summed E-state index contributed by atoms with van der Waals surface area (Å²) in [5.41, 5.74) is 2.75. The minimum atomic E-state index is -4.35. The van der Waals surface area contributed by atoms with Crippen LogP contribution in [0.4, 0.5) is 13.2 Å². The first-order chi connectivity index (χ1) is 10.00. The Morgan fingerprint density at radius 3 is 1.50 bits per heavy atom. The molecule has 0 nitrogen and oxygen atoms in total. The lowest BCUT2D eigenvalue weighted by Gasteiger charge is -2.16. The molecule has 22 heavy (non-hydrogen) atoms. The predicted octanol–water partition coefficient (Wildman–Crippen LogP) is 6.82. The van der Waals surface area contributed by atoms with E-state index in [4.69, 9.17) is 34.8 Å². The summed E-state index contributed by atoms with van der Waals surface area (Å²) in [4.78, 5) is 0. The summed E-state index contributed by atoms with van der Waals surface area (Å²) in [5.74, 6) is 0. The van der Waals surface area contributed by atoms with Crippen molar-refractivity contribution >= 4 is 34.8 Å². The smallest absolute Gasteiger partial charge is 0.166 e. The third-order valence-electron chi connectivity index (χ3n) is 3.40. The maximum Gasteiger partial charge on any atom is 0.416 e. The van der Waals surface area contributed by atoms with Crippen LogP contribution >= 0.6 is 34.8 Å². The summed E-state index contributed by atoms with van der Waals surface area (Å²) >= 11 is 17.5. The molecule has 0 spiro atoms. The van der Waals surface area contributed by atoms with Crippen LogP contribution in [0.25, 0.3) is 11.1 Å². The van der Waals surface area contributed by atoms with E-state index in [1.807, 2.05) is 6.92 Å². The molecule has 118 valence electrons. The molecule has 0 heterocycles. The predicted molar refractivity (Wildman–Crippen MR) is 85.6 cm³/mol. The number of hydrogen-bond acceptors (Lipinski definition) is 0. The highest BCUT2D eigenvalue weighted by Crippen LogP contribution is 2.40. The molecule has 2 aromatic carbocycles. The van der Waals surface area contributed by atoms with Gasteiger partial charge in [0, 0.05) is 5.56 Å². The first-order valence-corrected chi connectivity index (χ1v) is 7.49. The summed E-state index contributed by atoms with van der Waals surface area (Å²) < 4.78 is 36.6. The fourth-order valence-electron chi connectivity index (χ4n) is 2.28. The zero-order chi connectivity index (χ0) is 16.7. The zero-order valence-corrected chi connectivity index (χ0v) is 14.0. The van der Waals surface area contributed by atoms with Gasteiger partial charge in [0.25, 0.3) is 0 Å². The molecule has 0 amide bonds. The third-order valence-corrected chi connectivity index (χ3v) is 4.05. The summed E-state index contributed by atoms with van der Waals surface area (Å²) in [6.07, 6.45) is -4.35. The maximum atomic E-state index is 12.7. The molecular formula is C16H12Cl3F3. The molecule has 0 aromatic heterocycles. The fraction of sp³-hybridized carbons (Fsp3) is 0.250. The minimum Gasteiger partial charge on any atom is -0.166 e. The molecule has 0 aliphatic carbocycles. The third kappa shape index (κ3) is 3.70. The van der Waals surface area contributed by atoms with E-state index >= 15 is 0 Å². The number of benzene rings is 2. The molecule has 0 atom stereocenters. The van der Waals surface area contributed by atoms with Gasteiger partial charge in [-0.25, -0.2) is 0 Å². The molecule has 6 heteroatoms. The van der Waals surface area contributed by atoms with Gasteiger partial charge in [0.2, 0.25) is 3.79 Å². The molecule has 0 aliphatic rings. The summed E-state index contributed by atoms with van der Waals surface area (Å²) in [6.45, 7) is 3.47. The van der Waals surface area contributed by atoms with Crippen molar-refractivity contribution in [2.24, 2.45) is 0 Å². The van der Waals surface area contributed by atoms with Crippen LogP contribution in [0.1, 0.15) is 22.3 Å². The van der Waals surface area contributed by atoms with Gasteiger partial charge in [-0.3, -0.25) is 0 Å². The summed E-state index contributed by atoms with van der Waals surface area (Å²) in [5, 5.41) is 0. The van der Waals surface area contributed by atoms with Crippen molar-refractivity contribution < 1.29 is 13.2 Å². The van der Waals surface area contributed by atoms with E-state index in [2.05, 4.69) is 0 Å². The molecule has 0 unspecified atom stereocenters. The molecular weight excluding hydrogens is 356 g/mol. The van der Waals surface area contributed by atoms with Crippen LogP contribution < -0.4 is 0 Å². The van der Waals surface area contributed by atoms with Crippen molar-refractivity contribution in [3.63, 3.8) is 0 Å². The van der Waals surface area contributed by atoms with Crippen LogP contribution in [-0.2, 0) is 9.97 Å². The van der Waals surface area contributed by atoms with Crippen molar-refractivity contribution in [1.29, 1.82) is 0 Å². The van der Waals surface area contributed by atoms with Crippen LogP contribution in [-0.4, -0.2) is 0 Å². The van der Waals surface area contributed by atoms with Crippen molar-refractivity contribution in [3.8, 4) is 11.1 Å². The fourth-order valence-corrected chi connectivity index (χ4v) is 2.64. The number of aryl methyl sites for hydroxylation is 2. The molecule has 0 bridgehead atoms. The normalized spacial score (nSPS) is 12.5. The van der Waals surface area contributed by atoms with Gasteiger partial charge in [-0.1, -0.05) is 59.1 Å². The molecule has 0 fully saturated rings. The van der Waals surface area contributed by atoms with Gasteiger partial charge in [0.1, 0.15) is 0 Å². The van der Waals surface area contributed by atoms with Gasteiger partial charge in [-0.15, -0.1) is 0 Å². The Bertz CT molecular complexity index is 639. The number of hydrogen-bond donors (Lipinski definition) is 0. The molecule has 2 rings (SSSR count). The Kier molecular flexibility index (Phi) is 4.72. The maximum absolute atomic E-state index is 12.7. The zero-order valence-electron chi connectivity index (χ0n) is 11.7. The van der Waals surface area contributed by atoms with Gasteiger partial charge < -0.3 is 0 Å². The van der Waals surface area contributed by atoms with Crippen LogP contribution in [0.15, 0.2) is 36.4 Å². The molecule has 0 aliphatic heterocycles. The average molecular weight is 368 g/mol. The highest BCUT2D eigenvalue weighted by molar-refractivity contribution is 6.66. The van der Waals surface area contributed by atoms with Gasteiger partial charge >= 0.3 is 6.18 Å². The quantitative estimate of drug-likeness (QED) is 0.485. The van der Waals surface area contributed by atoms with Crippen LogP contribution in [0.5, 0.6) is 0 Å². The lowest BCUT2D eigenvalue weighted by molar-refractivity contribution is -0.137. The largest absolute Gasteiger partial charge is 0.416 e. The second-order valence-electron chi connectivity index (χ2n) is 5.05. The summed E-state index contributed by atoms with van der Waals surface area (Å²) in [6, 6.07) is 8.81. The Morgan fingerprint density at radius 2 is 1.14 bits per heavy atom. The van der Waals surface area contributed by atoms with E-state index < -0.39 is 15.5 Å².